The highest BCUT2D eigenvalue weighted by Crippen LogP contribution is 2.05. The first-order chi connectivity index (χ1) is 5.88. The van der Waals surface area contributed by atoms with Gasteiger partial charge in [0, 0.05) is 0 Å². The molecule has 0 bridgehead atoms. The van der Waals surface area contributed by atoms with Crippen molar-refractivity contribution in [1.29, 1.82) is 0 Å². The molecule has 0 aliphatic rings. The Hall–Kier alpha value is -0.770. The third-order valence-corrected chi connectivity index (χ3v) is 1.33. The van der Waals surface area contributed by atoms with Crippen LogP contribution in [0.2, 0.25) is 0 Å². The summed E-state index contributed by atoms with van der Waals surface area (Å²) in [6, 6.07) is 7.94. The fourth-order valence-electron chi connectivity index (χ4n) is 0.880. The number of imidazole rings is 1. The molecule has 3 N–H and O–H groups in total. The van der Waals surface area contributed by atoms with Crippen LogP contribution in [0.1, 0.15) is 6.92 Å². The van der Waals surface area contributed by atoms with Crippen molar-refractivity contribution in [2.24, 2.45) is 5.73 Å². The van der Waals surface area contributed by atoms with E-state index in [1.54, 1.807) is 6.33 Å². The summed E-state index contributed by atoms with van der Waals surface area (Å²) in [5.41, 5.74) is 6.97. The molecule has 2 rings (SSSR count). The number of nitrogens with zero attached hydrogens (tertiary/aromatic N) is 1. The molecule has 0 spiro atoms. The van der Waals surface area contributed by atoms with E-state index < -0.39 is 0 Å². The maximum Gasteiger partial charge on any atom is 0.0931 e. The predicted octanol–water partition coefficient (Wildman–Crippen LogP) is 2.37. The number of rotatable bonds is 0. The van der Waals surface area contributed by atoms with Gasteiger partial charge in [0.1, 0.15) is 0 Å². The predicted molar refractivity (Wildman–Crippen MR) is 65.3 cm³/mol. The van der Waals surface area contributed by atoms with E-state index in [0.717, 1.165) is 17.6 Å². The average molecular weight is 236 g/mol. The number of aromatic amines is 1. The number of para-hydroxylation sites is 2. The first-order valence-corrected chi connectivity index (χ1v) is 3.96. The fraction of sp³-hybridized carbons (Fsp3) is 0.222. The normalized spacial score (nSPS) is 7.86. The summed E-state index contributed by atoms with van der Waals surface area (Å²) >= 11 is 0. The molecule has 1 aromatic carbocycles. The summed E-state index contributed by atoms with van der Waals surface area (Å²) in [5.74, 6) is 0. The van der Waals surface area contributed by atoms with Gasteiger partial charge in [-0.05, 0) is 18.7 Å². The van der Waals surface area contributed by atoms with Gasteiger partial charge in [0.15, 0.2) is 0 Å². The van der Waals surface area contributed by atoms with Gasteiger partial charge < -0.3 is 10.7 Å². The Balaban J connectivity index is 0. The molecule has 0 atom stereocenters. The molecule has 1 aromatic heterocycles. The Bertz CT molecular complexity index is 305. The largest absolute Gasteiger partial charge is 0.345 e. The van der Waals surface area contributed by atoms with Crippen molar-refractivity contribution in [3.05, 3.63) is 30.6 Å². The van der Waals surface area contributed by atoms with Crippen molar-refractivity contribution in [3.63, 3.8) is 0 Å². The molecule has 3 nitrogen and oxygen atoms in total. The Kier molecular flexibility index (Phi) is 9.88. The van der Waals surface area contributed by atoms with Gasteiger partial charge in [-0.1, -0.05) is 19.1 Å². The SMILES string of the molecule is CCN.Cl.Cl.c1ccc2[nH]cnc2c1. The lowest BCUT2D eigenvalue weighted by Crippen LogP contribution is -1.87. The molecule has 14 heavy (non-hydrogen) atoms. The van der Waals surface area contributed by atoms with Crippen LogP contribution in [-0.2, 0) is 0 Å². The molecular formula is C9H15Cl2N3. The third-order valence-electron chi connectivity index (χ3n) is 1.33. The van der Waals surface area contributed by atoms with E-state index in [-0.39, 0.29) is 24.8 Å². The molecule has 1 heterocycles. The minimum Gasteiger partial charge on any atom is -0.345 e. The van der Waals surface area contributed by atoms with Crippen LogP contribution in [0, 0.1) is 0 Å². The third kappa shape index (κ3) is 4.46. The maximum atomic E-state index is 4.85. The molecule has 0 saturated heterocycles. The Morgan fingerprint density at radius 3 is 2.43 bits per heavy atom. The average Bonchev–Trinajstić information content (AvgIpc) is 2.52. The zero-order chi connectivity index (χ0) is 8.81. The number of hydrogen-bond acceptors (Lipinski definition) is 2. The number of benzene rings is 1. The van der Waals surface area contributed by atoms with Gasteiger partial charge in [0.2, 0.25) is 0 Å². The van der Waals surface area contributed by atoms with Crippen LogP contribution in [0.5, 0.6) is 0 Å². The standard InChI is InChI=1S/C7H6N2.C2H7N.2ClH/c1-2-4-7-6(3-1)8-5-9-7;1-2-3;;/h1-5H,(H,8,9);2-3H2,1H3;2*1H. The van der Waals surface area contributed by atoms with Crippen LogP contribution >= 0.6 is 24.8 Å². The van der Waals surface area contributed by atoms with Crippen LogP contribution in [0.15, 0.2) is 30.6 Å². The minimum atomic E-state index is 0. The summed E-state index contributed by atoms with van der Waals surface area (Å²) in [7, 11) is 0. The fourth-order valence-corrected chi connectivity index (χ4v) is 0.880. The number of nitrogens with two attached hydrogens (primary N) is 1. The van der Waals surface area contributed by atoms with Crippen molar-refractivity contribution in [1.82, 2.24) is 9.97 Å². The van der Waals surface area contributed by atoms with E-state index in [1.165, 1.54) is 0 Å². The Morgan fingerprint density at radius 1 is 1.29 bits per heavy atom. The van der Waals surface area contributed by atoms with Gasteiger partial charge in [0.25, 0.3) is 0 Å². The van der Waals surface area contributed by atoms with Gasteiger partial charge >= 0.3 is 0 Å². The second-order valence-corrected chi connectivity index (χ2v) is 2.33. The number of nitrogens with one attached hydrogen (secondary N) is 1. The van der Waals surface area contributed by atoms with Crippen LogP contribution in [0.25, 0.3) is 11.0 Å². The quantitative estimate of drug-likeness (QED) is 0.737. The highest BCUT2D eigenvalue weighted by Gasteiger charge is 1.88. The van der Waals surface area contributed by atoms with Gasteiger partial charge in [-0.2, -0.15) is 0 Å². The molecule has 0 radical (unpaired) electrons. The van der Waals surface area contributed by atoms with Crippen molar-refractivity contribution in [2.75, 3.05) is 6.54 Å². The van der Waals surface area contributed by atoms with E-state index >= 15 is 0 Å². The number of hydrogen-bond donors (Lipinski definition) is 2. The second-order valence-electron chi connectivity index (χ2n) is 2.33. The minimum absolute atomic E-state index is 0. The monoisotopic (exact) mass is 235 g/mol. The lowest BCUT2D eigenvalue weighted by atomic mass is 10.3. The summed E-state index contributed by atoms with van der Waals surface area (Å²) in [6.07, 6.45) is 1.70. The van der Waals surface area contributed by atoms with Crippen LogP contribution in [-0.4, -0.2) is 16.5 Å². The lowest BCUT2D eigenvalue weighted by molar-refractivity contribution is 1.14. The van der Waals surface area contributed by atoms with E-state index in [1.807, 2.05) is 31.2 Å². The molecule has 2 aromatic rings. The van der Waals surface area contributed by atoms with Gasteiger partial charge in [-0.25, -0.2) is 4.98 Å². The highest BCUT2D eigenvalue weighted by atomic mass is 35.5. The number of aromatic nitrogens is 2. The lowest BCUT2D eigenvalue weighted by Gasteiger charge is -1.81. The first-order valence-electron chi connectivity index (χ1n) is 3.96. The summed E-state index contributed by atoms with van der Waals surface area (Å²) in [6.45, 7) is 2.65. The topological polar surface area (TPSA) is 54.7 Å². The molecule has 0 unspecified atom stereocenters. The zero-order valence-corrected chi connectivity index (χ0v) is 9.57. The van der Waals surface area contributed by atoms with Gasteiger partial charge in [-0.3, -0.25) is 0 Å². The van der Waals surface area contributed by atoms with Crippen LogP contribution < -0.4 is 5.73 Å². The summed E-state index contributed by atoms with van der Waals surface area (Å²) < 4.78 is 0. The Morgan fingerprint density at radius 2 is 1.86 bits per heavy atom. The van der Waals surface area contributed by atoms with Gasteiger partial charge in [0.05, 0.1) is 17.4 Å². The van der Waals surface area contributed by atoms with Crippen molar-refractivity contribution >= 4 is 35.8 Å². The number of H-pyrrole nitrogens is 1. The van der Waals surface area contributed by atoms with E-state index in [4.69, 9.17) is 5.73 Å². The summed E-state index contributed by atoms with van der Waals surface area (Å²) in [4.78, 5) is 7.07. The number of halogens is 2. The molecule has 0 saturated carbocycles. The van der Waals surface area contributed by atoms with Crippen molar-refractivity contribution in [3.8, 4) is 0 Å². The maximum absolute atomic E-state index is 4.85. The molecule has 5 heteroatoms. The molecular weight excluding hydrogens is 221 g/mol. The summed E-state index contributed by atoms with van der Waals surface area (Å²) in [5, 5.41) is 0. The van der Waals surface area contributed by atoms with E-state index in [9.17, 15) is 0 Å². The van der Waals surface area contributed by atoms with Crippen molar-refractivity contribution < 1.29 is 0 Å². The molecule has 0 fully saturated rings. The zero-order valence-electron chi connectivity index (χ0n) is 7.93. The van der Waals surface area contributed by atoms with Crippen LogP contribution in [0.4, 0.5) is 0 Å². The molecule has 80 valence electrons. The Labute approximate surface area is 95.9 Å². The highest BCUT2D eigenvalue weighted by molar-refractivity contribution is 5.85. The van der Waals surface area contributed by atoms with Crippen LogP contribution in [0.3, 0.4) is 0 Å². The molecule has 0 amide bonds. The smallest absolute Gasteiger partial charge is 0.0931 e. The molecule has 0 aliphatic heterocycles. The van der Waals surface area contributed by atoms with Crippen molar-refractivity contribution in [2.45, 2.75) is 6.92 Å². The molecule has 0 aliphatic carbocycles. The first kappa shape index (κ1) is 15.7. The van der Waals surface area contributed by atoms with Gasteiger partial charge in [-0.15, -0.1) is 24.8 Å². The second kappa shape index (κ2) is 8.81. The number of fused-ring (bicyclic) bond motifs is 1. The van der Waals surface area contributed by atoms with E-state index in [2.05, 4.69) is 9.97 Å². The van der Waals surface area contributed by atoms with E-state index in [0.29, 0.717) is 0 Å².